The van der Waals surface area contributed by atoms with Crippen LogP contribution in [0, 0.1) is 0 Å². The predicted molar refractivity (Wildman–Crippen MR) is 63.2 cm³/mol. The van der Waals surface area contributed by atoms with Gasteiger partial charge in [0.2, 0.25) is 0 Å². The van der Waals surface area contributed by atoms with Gasteiger partial charge in [-0.25, -0.2) is 0 Å². The van der Waals surface area contributed by atoms with E-state index in [-0.39, 0.29) is 11.5 Å². The van der Waals surface area contributed by atoms with Crippen molar-refractivity contribution in [1.82, 2.24) is 0 Å². The fourth-order valence-corrected chi connectivity index (χ4v) is 1.40. The molecule has 0 aromatic carbocycles. The monoisotopic (exact) mass is 220 g/mol. The Hall–Kier alpha value is -1.77. The van der Waals surface area contributed by atoms with Gasteiger partial charge in [-0.1, -0.05) is 12.2 Å². The molecular weight excluding hydrogens is 204 g/mol. The number of ketones is 1. The highest BCUT2D eigenvalue weighted by atomic mass is 16.3. The van der Waals surface area contributed by atoms with Gasteiger partial charge in [-0.3, -0.25) is 4.79 Å². The van der Waals surface area contributed by atoms with Crippen molar-refractivity contribution in [2.24, 2.45) is 0 Å². The molecule has 0 atom stereocenters. The Morgan fingerprint density at radius 3 is 2.44 bits per heavy atom. The molecule has 0 amide bonds. The van der Waals surface area contributed by atoms with E-state index in [1.807, 2.05) is 0 Å². The van der Waals surface area contributed by atoms with Gasteiger partial charge in [0.1, 0.15) is 5.76 Å². The maximum atomic E-state index is 10.7. The first kappa shape index (κ1) is 12.3. The van der Waals surface area contributed by atoms with Crippen molar-refractivity contribution in [1.29, 1.82) is 0 Å². The van der Waals surface area contributed by atoms with Crippen LogP contribution in [0.5, 0.6) is 0 Å². The lowest BCUT2D eigenvalue weighted by Gasteiger charge is -2.11. The predicted octanol–water partition coefficient (Wildman–Crippen LogP) is 3.13. The van der Waals surface area contributed by atoms with E-state index < -0.39 is 0 Å². The number of aliphatic hydroxyl groups excluding tert-OH is 2. The summed E-state index contributed by atoms with van der Waals surface area (Å²) in [5.41, 5.74) is 1.43. The Bertz CT molecular complexity index is 409. The van der Waals surface area contributed by atoms with Crippen molar-refractivity contribution in [2.45, 2.75) is 26.7 Å². The van der Waals surface area contributed by atoms with Gasteiger partial charge in [0, 0.05) is 6.42 Å². The molecule has 0 aromatic rings. The summed E-state index contributed by atoms with van der Waals surface area (Å²) in [6.45, 7) is 3.20. The summed E-state index contributed by atoms with van der Waals surface area (Å²) >= 11 is 0. The fraction of sp³-hybridized carbons (Fsp3) is 0.308. The quantitative estimate of drug-likeness (QED) is 0.436. The number of aliphatic hydroxyl groups is 2. The molecule has 1 aliphatic rings. The third-order valence-electron chi connectivity index (χ3n) is 2.37. The Labute approximate surface area is 95.1 Å². The van der Waals surface area contributed by atoms with Crippen LogP contribution in [0.2, 0.25) is 0 Å². The van der Waals surface area contributed by atoms with Crippen molar-refractivity contribution < 1.29 is 15.0 Å². The van der Waals surface area contributed by atoms with Gasteiger partial charge in [0.05, 0.1) is 5.76 Å². The SMILES string of the molecule is CC(=O)C=CC(C)=C(O)C1=CC=C(O)CC1. The summed E-state index contributed by atoms with van der Waals surface area (Å²) in [7, 11) is 0. The topological polar surface area (TPSA) is 57.5 Å². The van der Waals surface area contributed by atoms with Crippen LogP contribution in [0.25, 0.3) is 0 Å². The Morgan fingerprint density at radius 2 is 1.94 bits per heavy atom. The van der Waals surface area contributed by atoms with Crippen LogP contribution >= 0.6 is 0 Å². The average Bonchev–Trinajstić information content (AvgIpc) is 2.26. The van der Waals surface area contributed by atoms with E-state index in [4.69, 9.17) is 0 Å². The zero-order valence-corrected chi connectivity index (χ0v) is 9.53. The molecule has 0 aromatic heterocycles. The van der Waals surface area contributed by atoms with Crippen LogP contribution in [-0.2, 0) is 4.79 Å². The molecule has 0 bridgehead atoms. The number of carbonyl (C=O) groups excluding carboxylic acids is 1. The summed E-state index contributed by atoms with van der Waals surface area (Å²) in [6, 6.07) is 0. The standard InChI is InChI=1S/C13H16O3/c1-9(3-4-10(2)14)13(16)11-5-7-12(15)8-6-11/h3-5,7,15-16H,6,8H2,1-2H3. The van der Waals surface area contributed by atoms with Gasteiger partial charge >= 0.3 is 0 Å². The highest BCUT2D eigenvalue weighted by Gasteiger charge is 2.10. The normalized spacial score (nSPS) is 17.9. The highest BCUT2D eigenvalue weighted by molar-refractivity contribution is 5.87. The second kappa shape index (κ2) is 5.35. The van der Waals surface area contributed by atoms with Crippen LogP contribution in [0.15, 0.2) is 47.0 Å². The van der Waals surface area contributed by atoms with Gasteiger partial charge in [0.25, 0.3) is 0 Å². The molecule has 0 unspecified atom stereocenters. The van der Waals surface area contributed by atoms with Crippen molar-refractivity contribution >= 4 is 5.78 Å². The summed E-state index contributed by atoms with van der Waals surface area (Å²) in [6.07, 6.45) is 7.44. The van der Waals surface area contributed by atoms with Crippen molar-refractivity contribution in [3.8, 4) is 0 Å². The smallest absolute Gasteiger partial charge is 0.152 e. The van der Waals surface area contributed by atoms with E-state index in [2.05, 4.69) is 0 Å². The zero-order chi connectivity index (χ0) is 12.1. The van der Waals surface area contributed by atoms with Crippen LogP contribution < -0.4 is 0 Å². The number of rotatable bonds is 3. The number of carbonyl (C=O) groups is 1. The van der Waals surface area contributed by atoms with E-state index in [0.29, 0.717) is 24.2 Å². The maximum absolute atomic E-state index is 10.7. The van der Waals surface area contributed by atoms with Gasteiger partial charge in [-0.2, -0.15) is 0 Å². The lowest BCUT2D eigenvalue weighted by Crippen LogP contribution is -1.98. The molecule has 3 nitrogen and oxygen atoms in total. The largest absolute Gasteiger partial charge is 0.512 e. The van der Waals surface area contributed by atoms with Crippen molar-refractivity contribution in [2.75, 3.05) is 0 Å². The molecule has 16 heavy (non-hydrogen) atoms. The first-order valence-corrected chi connectivity index (χ1v) is 5.18. The molecule has 0 heterocycles. The Balaban J connectivity index is 2.88. The highest BCUT2D eigenvalue weighted by Crippen LogP contribution is 2.23. The molecule has 1 rings (SSSR count). The van der Waals surface area contributed by atoms with Gasteiger partial charge < -0.3 is 10.2 Å². The molecule has 1 aliphatic carbocycles. The van der Waals surface area contributed by atoms with Crippen molar-refractivity contribution in [3.05, 3.63) is 47.0 Å². The third-order valence-corrected chi connectivity index (χ3v) is 2.37. The van der Waals surface area contributed by atoms with Crippen molar-refractivity contribution in [3.63, 3.8) is 0 Å². The van der Waals surface area contributed by atoms with Gasteiger partial charge in [-0.05, 0) is 43.6 Å². The summed E-state index contributed by atoms with van der Waals surface area (Å²) in [5.74, 6) is 0.456. The molecule has 0 saturated heterocycles. The minimum atomic E-state index is -0.0534. The van der Waals surface area contributed by atoms with E-state index in [1.165, 1.54) is 13.0 Å². The average molecular weight is 220 g/mol. The molecule has 0 spiro atoms. The third kappa shape index (κ3) is 3.42. The van der Waals surface area contributed by atoms with Gasteiger partial charge in [0.15, 0.2) is 5.78 Å². The number of hydrogen-bond donors (Lipinski definition) is 2. The Kier molecular flexibility index (Phi) is 4.11. The molecular formula is C13H16O3. The zero-order valence-electron chi connectivity index (χ0n) is 9.53. The van der Waals surface area contributed by atoms with E-state index >= 15 is 0 Å². The second-order valence-electron chi connectivity index (χ2n) is 3.83. The van der Waals surface area contributed by atoms with Gasteiger partial charge in [-0.15, -0.1) is 0 Å². The summed E-state index contributed by atoms with van der Waals surface area (Å²) < 4.78 is 0. The van der Waals surface area contributed by atoms with E-state index in [1.54, 1.807) is 25.2 Å². The molecule has 0 radical (unpaired) electrons. The molecule has 0 fully saturated rings. The second-order valence-corrected chi connectivity index (χ2v) is 3.83. The molecule has 86 valence electrons. The summed E-state index contributed by atoms with van der Waals surface area (Å²) in [5, 5.41) is 19.1. The minimum absolute atomic E-state index is 0.0534. The number of hydrogen-bond acceptors (Lipinski definition) is 3. The van der Waals surface area contributed by atoms with Crippen LogP contribution in [-0.4, -0.2) is 16.0 Å². The maximum Gasteiger partial charge on any atom is 0.152 e. The lowest BCUT2D eigenvalue weighted by molar-refractivity contribution is -0.112. The molecule has 2 N–H and O–H groups in total. The molecule has 3 heteroatoms. The fourth-order valence-electron chi connectivity index (χ4n) is 1.40. The lowest BCUT2D eigenvalue weighted by atomic mass is 9.99. The first-order valence-electron chi connectivity index (χ1n) is 5.18. The van der Waals surface area contributed by atoms with Crippen LogP contribution in [0.3, 0.4) is 0 Å². The number of allylic oxidation sites excluding steroid dienone is 7. The van der Waals surface area contributed by atoms with Crippen LogP contribution in [0.1, 0.15) is 26.7 Å². The molecule has 0 aliphatic heterocycles. The van der Waals surface area contributed by atoms with Crippen LogP contribution in [0.4, 0.5) is 0 Å². The first-order chi connectivity index (χ1) is 7.50. The molecule has 0 saturated carbocycles. The van der Waals surface area contributed by atoms with E-state index in [0.717, 1.165) is 5.57 Å². The summed E-state index contributed by atoms with van der Waals surface area (Å²) in [4.78, 5) is 10.7. The van der Waals surface area contributed by atoms with E-state index in [9.17, 15) is 15.0 Å². The Morgan fingerprint density at radius 1 is 1.25 bits per heavy atom. The minimum Gasteiger partial charge on any atom is -0.512 e.